The van der Waals surface area contributed by atoms with Gasteiger partial charge in [0.25, 0.3) is 0 Å². The van der Waals surface area contributed by atoms with Crippen molar-refractivity contribution in [1.82, 2.24) is 4.90 Å². The zero-order valence-electron chi connectivity index (χ0n) is 9.90. The number of rotatable bonds is 1. The first-order valence-corrected chi connectivity index (χ1v) is 5.33. The monoisotopic (exact) mass is 219 g/mol. The summed E-state index contributed by atoms with van der Waals surface area (Å²) < 4.78 is 0. The number of nitrogen functional groups attached to an aromatic ring is 1. The second-order valence-electron chi connectivity index (χ2n) is 4.84. The first-order chi connectivity index (χ1) is 7.42. The standard InChI is InChI=1S/C12H17N3O/c1-12(2)8-15(11(16)14(12)3)10-6-4-5-9(13)7-10/h4-7H,8,13H2,1-3H3. The lowest BCUT2D eigenvalue weighted by Gasteiger charge is -2.24. The Morgan fingerprint density at radius 3 is 2.56 bits per heavy atom. The van der Waals surface area contributed by atoms with Crippen molar-refractivity contribution in [3.8, 4) is 0 Å². The Labute approximate surface area is 95.6 Å². The van der Waals surface area contributed by atoms with E-state index in [1.54, 1.807) is 9.80 Å². The Kier molecular flexibility index (Phi) is 2.30. The zero-order valence-corrected chi connectivity index (χ0v) is 9.90. The van der Waals surface area contributed by atoms with Crippen LogP contribution in [0.15, 0.2) is 24.3 Å². The lowest BCUT2D eigenvalue weighted by Crippen LogP contribution is -2.38. The van der Waals surface area contributed by atoms with Crippen molar-refractivity contribution in [2.75, 3.05) is 24.2 Å². The molecule has 2 amide bonds. The van der Waals surface area contributed by atoms with Crippen LogP contribution in [0.4, 0.5) is 16.2 Å². The molecular weight excluding hydrogens is 202 g/mol. The number of hydrogen-bond donors (Lipinski definition) is 1. The molecule has 1 heterocycles. The van der Waals surface area contributed by atoms with Crippen LogP contribution in [-0.2, 0) is 0 Å². The van der Waals surface area contributed by atoms with Gasteiger partial charge in [0.2, 0.25) is 0 Å². The maximum atomic E-state index is 12.0. The summed E-state index contributed by atoms with van der Waals surface area (Å²) in [6.45, 7) is 4.79. The van der Waals surface area contributed by atoms with E-state index in [-0.39, 0.29) is 11.6 Å². The Hall–Kier alpha value is -1.71. The minimum absolute atomic E-state index is 0.0237. The summed E-state index contributed by atoms with van der Waals surface area (Å²) >= 11 is 0. The summed E-state index contributed by atoms with van der Waals surface area (Å²) in [7, 11) is 1.83. The molecule has 4 heteroatoms. The van der Waals surface area contributed by atoms with Gasteiger partial charge in [0.1, 0.15) is 0 Å². The predicted octanol–water partition coefficient (Wildman–Crippen LogP) is 1.92. The Balaban J connectivity index is 2.34. The van der Waals surface area contributed by atoms with E-state index in [1.807, 2.05) is 31.3 Å². The number of benzene rings is 1. The highest BCUT2D eigenvalue weighted by molar-refractivity contribution is 5.95. The van der Waals surface area contributed by atoms with Crippen LogP contribution < -0.4 is 10.6 Å². The first kappa shape index (κ1) is 10.8. The molecule has 16 heavy (non-hydrogen) atoms. The number of carbonyl (C=O) groups excluding carboxylic acids is 1. The second kappa shape index (κ2) is 3.40. The zero-order chi connectivity index (χ0) is 11.9. The molecule has 1 aromatic rings. The minimum Gasteiger partial charge on any atom is -0.399 e. The number of hydrogen-bond acceptors (Lipinski definition) is 2. The van der Waals surface area contributed by atoms with E-state index >= 15 is 0 Å². The maximum Gasteiger partial charge on any atom is 0.324 e. The van der Waals surface area contributed by atoms with Crippen molar-refractivity contribution < 1.29 is 4.79 Å². The quantitative estimate of drug-likeness (QED) is 0.733. The van der Waals surface area contributed by atoms with Crippen molar-refractivity contribution in [3.63, 3.8) is 0 Å². The van der Waals surface area contributed by atoms with Crippen molar-refractivity contribution in [3.05, 3.63) is 24.3 Å². The fourth-order valence-corrected chi connectivity index (χ4v) is 1.90. The van der Waals surface area contributed by atoms with Gasteiger partial charge in [-0.15, -0.1) is 0 Å². The van der Waals surface area contributed by atoms with E-state index in [4.69, 9.17) is 5.73 Å². The van der Waals surface area contributed by atoms with Crippen LogP contribution in [0.25, 0.3) is 0 Å². The highest BCUT2D eigenvalue weighted by Crippen LogP contribution is 2.29. The number of anilines is 2. The van der Waals surface area contributed by atoms with Gasteiger partial charge in [0.05, 0.1) is 12.1 Å². The molecule has 0 unspecified atom stereocenters. The highest BCUT2D eigenvalue weighted by Gasteiger charge is 2.41. The Morgan fingerprint density at radius 2 is 2.06 bits per heavy atom. The van der Waals surface area contributed by atoms with E-state index < -0.39 is 0 Å². The summed E-state index contributed by atoms with van der Waals surface area (Å²) in [5.41, 5.74) is 7.13. The molecule has 0 saturated carbocycles. The third-order valence-electron chi connectivity index (χ3n) is 3.15. The molecule has 1 fully saturated rings. The molecule has 2 rings (SSSR count). The van der Waals surface area contributed by atoms with Gasteiger partial charge in [0, 0.05) is 18.4 Å². The average Bonchev–Trinajstić information content (AvgIpc) is 2.42. The molecule has 0 radical (unpaired) electrons. The topological polar surface area (TPSA) is 49.6 Å². The largest absolute Gasteiger partial charge is 0.399 e. The smallest absolute Gasteiger partial charge is 0.324 e. The third-order valence-corrected chi connectivity index (χ3v) is 3.15. The van der Waals surface area contributed by atoms with Gasteiger partial charge in [-0.1, -0.05) is 6.07 Å². The van der Waals surface area contributed by atoms with Crippen LogP contribution in [-0.4, -0.2) is 30.1 Å². The summed E-state index contributed by atoms with van der Waals surface area (Å²) in [6.07, 6.45) is 0. The number of urea groups is 1. The van der Waals surface area contributed by atoms with Gasteiger partial charge in [0.15, 0.2) is 0 Å². The van der Waals surface area contributed by atoms with Gasteiger partial charge >= 0.3 is 6.03 Å². The molecule has 2 N–H and O–H groups in total. The SMILES string of the molecule is CN1C(=O)N(c2cccc(N)c2)CC1(C)C. The average molecular weight is 219 g/mol. The molecule has 86 valence electrons. The fraction of sp³-hybridized carbons (Fsp3) is 0.417. The van der Waals surface area contributed by atoms with Crippen LogP contribution in [0.2, 0.25) is 0 Å². The van der Waals surface area contributed by atoms with Gasteiger partial charge < -0.3 is 10.6 Å². The maximum absolute atomic E-state index is 12.0. The van der Waals surface area contributed by atoms with Crippen molar-refractivity contribution in [1.29, 1.82) is 0 Å². The molecule has 0 aliphatic carbocycles. The number of nitrogens with zero attached hydrogens (tertiary/aromatic N) is 2. The lowest BCUT2D eigenvalue weighted by molar-refractivity contribution is 0.198. The summed E-state index contributed by atoms with van der Waals surface area (Å²) in [4.78, 5) is 15.6. The van der Waals surface area contributed by atoms with E-state index in [1.165, 1.54) is 0 Å². The number of nitrogens with two attached hydrogens (primary N) is 1. The normalized spacial score (nSPS) is 19.3. The minimum atomic E-state index is -0.137. The highest BCUT2D eigenvalue weighted by atomic mass is 16.2. The second-order valence-corrected chi connectivity index (χ2v) is 4.84. The third kappa shape index (κ3) is 1.60. The number of likely N-dealkylation sites (N-methyl/N-ethyl adjacent to an activating group) is 1. The molecule has 4 nitrogen and oxygen atoms in total. The van der Waals surface area contributed by atoms with E-state index in [0.717, 1.165) is 5.69 Å². The van der Waals surface area contributed by atoms with Gasteiger partial charge in [-0.2, -0.15) is 0 Å². The Bertz CT molecular complexity index is 428. The van der Waals surface area contributed by atoms with Gasteiger partial charge in [-0.3, -0.25) is 4.90 Å². The predicted molar refractivity (Wildman–Crippen MR) is 65.4 cm³/mol. The summed E-state index contributed by atoms with van der Waals surface area (Å²) in [5, 5.41) is 0. The molecular formula is C12H17N3O. The van der Waals surface area contributed by atoms with Crippen molar-refractivity contribution in [2.24, 2.45) is 0 Å². The molecule has 1 aliphatic rings. The molecule has 1 aromatic carbocycles. The summed E-state index contributed by atoms with van der Waals surface area (Å²) in [6, 6.07) is 7.44. The molecule has 0 aromatic heterocycles. The van der Waals surface area contributed by atoms with Crippen LogP contribution in [0.3, 0.4) is 0 Å². The molecule has 1 saturated heterocycles. The van der Waals surface area contributed by atoms with E-state index in [2.05, 4.69) is 13.8 Å². The fourth-order valence-electron chi connectivity index (χ4n) is 1.90. The number of amides is 2. The van der Waals surface area contributed by atoms with Crippen LogP contribution in [0, 0.1) is 0 Å². The van der Waals surface area contributed by atoms with E-state index in [0.29, 0.717) is 12.2 Å². The van der Waals surface area contributed by atoms with Gasteiger partial charge in [-0.25, -0.2) is 4.79 Å². The van der Waals surface area contributed by atoms with Crippen LogP contribution in [0.5, 0.6) is 0 Å². The molecule has 1 aliphatic heterocycles. The van der Waals surface area contributed by atoms with Gasteiger partial charge in [-0.05, 0) is 32.0 Å². The summed E-state index contributed by atoms with van der Waals surface area (Å²) in [5.74, 6) is 0. The number of carbonyl (C=O) groups is 1. The van der Waals surface area contributed by atoms with E-state index in [9.17, 15) is 4.79 Å². The molecule has 0 atom stereocenters. The first-order valence-electron chi connectivity index (χ1n) is 5.33. The molecule has 0 bridgehead atoms. The Morgan fingerprint density at radius 1 is 1.38 bits per heavy atom. The van der Waals surface area contributed by atoms with Crippen molar-refractivity contribution >= 4 is 17.4 Å². The molecule has 0 spiro atoms. The lowest BCUT2D eigenvalue weighted by atomic mass is 10.1. The van der Waals surface area contributed by atoms with Crippen LogP contribution in [0.1, 0.15) is 13.8 Å². The van der Waals surface area contributed by atoms with Crippen molar-refractivity contribution in [2.45, 2.75) is 19.4 Å². The van der Waals surface area contributed by atoms with Crippen LogP contribution >= 0.6 is 0 Å².